The molecule has 106 valence electrons. The number of hydrogen-bond acceptors (Lipinski definition) is 4. The fourth-order valence-electron chi connectivity index (χ4n) is 1.59. The highest BCUT2D eigenvalue weighted by molar-refractivity contribution is 5.67. The molecule has 0 unspecified atom stereocenters. The number of ether oxygens (including phenoxy) is 1. The van der Waals surface area contributed by atoms with Crippen LogP contribution < -0.4 is 11.1 Å². The Kier molecular flexibility index (Phi) is 5.76. The Morgan fingerprint density at radius 3 is 2.84 bits per heavy atom. The van der Waals surface area contributed by atoms with E-state index in [-0.39, 0.29) is 12.1 Å². The number of nitrogens with zero attached hydrogens (tertiary/aromatic N) is 1. The smallest absolute Gasteiger partial charge is 0.407 e. The van der Waals surface area contributed by atoms with E-state index in [1.165, 1.54) is 0 Å². The zero-order valence-electron chi connectivity index (χ0n) is 11.8. The molecule has 1 aromatic heterocycles. The SMILES string of the molecule is CC(C)(C)OC(=O)NCCC[C@H](N)c1cccnc1. The molecule has 5 heteroatoms. The number of hydrogen-bond donors (Lipinski definition) is 2. The second-order valence-electron chi connectivity index (χ2n) is 5.46. The lowest BCUT2D eigenvalue weighted by molar-refractivity contribution is 0.0526. The van der Waals surface area contributed by atoms with Crippen molar-refractivity contribution in [3.63, 3.8) is 0 Å². The van der Waals surface area contributed by atoms with Gasteiger partial charge in [0, 0.05) is 25.0 Å². The standard InChI is InChI=1S/C14H23N3O2/c1-14(2,3)19-13(18)17-9-5-7-12(15)11-6-4-8-16-10-11/h4,6,8,10,12H,5,7,9,15H2,1-3H3,(H,17,18)/t12-/m0/s1. The summed E-state index contributed by atoms with van der Waals surface area (Å²) in [7, 11) is 0. The van der Waals surface area contributed by atoms with Gasteiger partial charge in [-0.15, -0.1) is 0 Å². The molecule has 19 heavy (non-hydrogen) atoms. The molecule has 0 aliphatic rings. The topological polar surface area (TPSA) is 77.2 Å². The van der Waals surface area contributed by atoms with Gasteiger partial charge in [0.25, 0.3) is 0 Å². The Balaban J connectivity index is 2.19. The van der Waals surface area contributed by atoms with Crippen molar-refractivity contribution in [3.8, 4) is 0 Å². The summed E-state index contributed by atoms with van der Waals surface area (Å²) in [6.07, 6.45) is 4.70. The monoisotopic (exact) mass is 265 g/mol. The molecule has 0 radical (unpaired) electrons. The Bertz CT molecular complexity index is 387. The van der Waals surface area contributed by atoms with Crippen LogP contribution in [0.3, 0.4) is 0 Å². The number of rotatable bonds is 5. The minimum absolute atomic E-state index is 0.0471. The van der Waals surface area contributed by atoms with Crippen molar-refractivity contribution in [3.05, 3.63) is 30.1 Å². The van der Waals surface area contributed by atoms with Gasteiger partial charge in [0.15, 0.2) is 0 Å². The highest BCUT2D eigenvalue weighted by Crippen LogP contribution is 2.13. The number of alkyl carbamates (subject to hydrolysis) is 1. The summed E-state index contributed by atoms with van der Waals surface area (Å²) in [5, 5.41) is 2.71. The number of nitrogens with one attached hydrogen (secondary N) is 1. The van der Waals surface area contributed by atoms with Gasteiger partial charge in [0.1, 0.15) is 5.60 Å². The third-order valence-corrected chi connectivity index (χ3v) is 2.47. The molecule has 0 saturated heterocycles. The molecule has 0 aliphatic heterocycles. The van der Waals surface area contributed by atoms with Crippen molar-refractivity contribution in [2.75, 3.05) is 6.54 Å². The number of nitrogens with two attached hydrogens (primary N) is 1. The van der Waals surface area contributed by atoms with Crippen molar-refractivity contribution >= 4 is 6.09 Å². The number of carbonyl (C=O) groups excluding carboxylic acids is 1. The van der Waals surface area contributed by atoms with Crippen LogP contribution in [0.15, 0.2) is 24.5 Å². The Hall–Kier alpha value is -1.62. The normalized spacial score (nSPS) is 12.8. The summed E-state index contributed by atoms with van der Waals surface area (Å²) < 4.78 is 5.14. The Labute approximate surface area is 114 Å². The quantitative estimate of drug-likeness (QED) is 0.801. The molecular formula is C14H23N3O2. The van der Waals surface area contributed by atoms with Gasteiger partial charge < -0.3 is 15.8 Å². The van der Waals surface area contributed by atoms with E-state index in [9.17, 15) is 4.79 Å². The fourth-order valence-corrected chi connectivity index (χ4v) is 1.59. The van der Waals surface area contributed by atoms with Crippen LogP contribution in [0.5, 0.6) is 0 Å². The van der Waals surface area contributed by atoms with Gasteiger partial charge in [-0.1, -0.05) is 6.07 Å². The summed E-state index contributed by atoms with van der Waals surface area (Å²) in [6.45, 7) is 6.07. The summed E-state index contributed by atoms with van der Waals surface area (Å²) in [6, 6.07) is 3.78. The molecule has 1 rings (SSSR count). The Morgan fingerprint density at radius 1 is 1.53 bits per heavy atom. The van der Waals surface area contributed by atoms with Gasteiger partial charge in [-0.25, -0.2) is 4.79 Å². The first-order valence-corrected chi connectivity index (χ1v) is 6.51. The number of pyridine rings is 1. The minimum atomic E-state index is -0.462. The second-order valence-corrected chi connectivity index (χ2v) is 5.46. The molecule has 0 fully saturated rings. The molecule has 0 aromatic carbocycles. The van der Waals surface area contributed by atoms with E-state index in [1.54, 1.807) is 12.4 Å². The van der Waals surface area contributed by atoms with Crippen LogP contribution in [-0.4, -0.2) is 23.2 Å². The molecule has 0 spiro atoms. The molecular weight excluding hydrogens is 242 g/mol. The maximum atomic E-state index is 11.4. The summed E-state index contributed by atoms with van der Waals surface area (Å²) >= 11 is 0. The average Bonchev–Trinajstić information content (AvgIpc) is 2.33. The maximum Gasteiger partial charge on any atom is 0.407 e. The average molecular weight is 265 g/mol. The lowest BCUT2D eigenvalue weighted by Crippen LogP contribution is -2.33. The first-order valence-electron chi connectivity index (χ1n) is 6.51. The molecule has 0 bridgehead atoms. The van der Waals surface area contributed by atoms with Crippen LogP contribution in [0.1, 0.15) is 45.2 Å². The molecule has 1 amide bonds. The highest BCUT2D eigenvalue weighted by atomic mass is 16.6. The number of carbonyl (C=O) groups is 1. The largest absolute Gasteiger partial charge is 0.444 e. The predicted molar refractivity (Wildman–Crippen MR) is 74.6 cm³/mol. The second kappa shape index (κ2) is 7.09. The van der Waals surface area contributed by atoms with Gasteiger partial charge in [-0.2, -0.15) is 0 Å². The number of amides is 1. The highest BCUT2D eigenvalue weighted by Gasteiger charge is 2.15. The van der Waals surface area contributed by atoms with E-state index in [1.807, 2.05) is 32.9 Å². The summed E-state index contributed by atoms with van der Waals surface area (Å²) in [5.74, 6) is 0. The molecule has 0 aliphatic carbocycles. The lowest BCUT2D eigenvalue weighted by atomic mass is 10.1. The molecule has 1 aromatic rings. The van der Waals surface area contributed by atoms with Gasteiger partial charge in [0.05, 0.1) is 0 Å². The molecule has 1 heterocycles. The lowest BCUT2D eigenvalue weighted by Gasteiger charge is -2.19. The minimum Gasteiger partial charge on any atom is -0.444 e. The van der Waals surface area contributed by atoms with Crippen LogP contribution in [0.2, 0.25) is 0 Å². The molecule has 3 N–H and O–H groups in total. The molecule has 1 atom stereocenters. The van der Waals surface area contributed by atoms with E-state index in [0.717, 1.165) is 18.4 Å². The molecule has 0 saturated carbocycles. The van der Waals surface area contributed by atoms with Gasteiger partial charge in [-0.05, 0) is 45.2 Å². The van der Waals surface area contributed by atoms with E-state index >= 15 is 0 Å². The van der Waals surface area contributed by atoms with Gasteiger partial charge >= 0.3 is 6.09 Å². The van der Waals surface area contributed by atoms with E-state index in [4.69, 9.17) is 10.5 Å². The molecule has 5 nitrogen and oxygen atoms in total. The van der Waals surface area contributed by atoms with Crippen molar-refractivity contribution in [2.24, 2.45) is 5.73 Å². The van der Waals surface area contributed by atoms with E-state index < -0.39 is 5.60 Å². The van der Waals surface area contributed by atoms with Crippen LogP contribution >= 0.6 is 0 Å². The van der Waals surface area contributed by atoms with Crippen molar-refractivity contribution < 1.29 is 9.53 Å². The third kappa shape index (κ3) is 6.76. The third-order valence-electron chi connectivity index (χ3n) is 2.47. The van der Waals surface area contributed by atoms with Crippen LogP contribution in [0, 0.1) is 0 Å². The number of aromatic nitrogens is 1. The Morgan fingerprint density at radius 2 is 2.26 bits per heavy atom. The van der Waals surface area contributed by atoms with E-state index in [2.05, 4.69) is 10.3 Å². The zero-order chi connectivity index (χ0) is 14.3. The summed E-state index contributed by atoms with van der Waals surface area (Å²) in [4.78, 5) is 15.4. The van der Waals surface area contributed by atoms with Crippen LogP contribution in [-0.2, 0) is 4.74 Å². The van der Waals surface area contributed by atoms with E-state index in [0.29, 0.717) is 6.54 Å². The summed E-state index contributed by atoms with van der Waals surface area (Å²) in [5.41, 5.74) is 6.58. The first kappa shape index (κ1) is 15.4. The van der Waals surface area contributed by atoms with Crippen molar-refractivity contribution in [1.82, 2.24) is 10.3 Å². The first-order chi connectivity index (χ1) is 8.88. The predicted octanol–water partition coefficient (Wildman–Crippen LogP) is 2.39. The van der Waals surface area contributed by atoms with Crippen molar-refractivity contribution in [1.29, 1.82) is 0 Å². The fraction of sp³-hybridized carbons (Fsp3) is 0.571. The zero-order valence-corrected chi connectivity index (χ0v) is 11.8. The van der Waals surface area contributed by atoms with Crippen LogP contribution in [0.25, 0.3) is 0 Å². The maximum absolute atomic E-state index is 11.4. The van der Waals surface area contributed by atoms with Gasteiger partial charge in [0.2, 0.25) is 0 Å². The van der Waals surface area contributed by atoms with Crippen LogP contribution in [0.4, 0.5) is 4.79 Å². The van der Waals surface area contributed by atoms with Gasteiger partial charge in [-0.3, -0.25) is 4.98 Å². The van der Waals surface area contributed by atoms with Crippen molar-refractivity contribution in [2.45, 2.75) is 45.3 Å².